The van der Waals surface area contributed by atoms with Crippen molar-refractivity contribution in [3.8, 4) is 5.75 Å². The van der Waals surface area contributed by atoms with Gasteiger partial charge in [-0.1, -0.05) is 36.0 Å². The summed E-state index contributed by atoms with van der Waals surface area (Å²) in [6.45, 7) is 1.90. The molecule has 3 aromatic rings. The number of primary sulfonamides is 1. The lowest BCUT2D eigenvalue weighted by atomic mass is 10.0. The van der Waals surface area contributed by atoms with Gasteiger partial charge in [-0.25, -0.2) is 18.5 Å². The first kappa shape index (κ1) is 19.2. The van der Waals surface area contributed by atoms with E-state index in [9.17, 15) is 8.42 Å². The largest absolute Gasteiger partial charge is 0.497 e. The molecule has 0 bridgehead atoms. The summed E-state index contributed by atoms with van der Waals surface area (Å²) in [5.41, 5.74) is 2.62. The second kappa shape index (κ2) is 7.96. The van der Waals surface area contributed by atoms with Crippen LogP contribution in [0.1, 0.15) is 22.8 Å². The SMILES string of the molecule is COc1ccc2nc(SCCC(c3ccccc3C)S(N)(=O)=O)sc2c1. The number of nitrogens with zero attached hydrogens (tertiary/aromatic N) is 1. The summed E-state index contributed by atoms with van der Waals surface area (Å²) in [6.07, 6.45) is 0.438. The number of aryl methyl sites for hydroxylation is 1. The maximum atomic E-state index is 12.1. The van der Waals surface area contributed by atoms with E-state index in [1.165, 1.54) is 0 Å². The van der Waals surface area contributed by atoms with Gasteiger partial charge >= 0.3 is 0 Å². The van der Waals surface area contributed by atoms with Crippen molar-refractivity contribution in [2.75, 3.05) is 12.9 Å². The smallest absolute Gasteiger partial charge is 0.216 e. The zero-order valence-corrected chi connectivity index (χ0v) is 17.0. The van der Waals surface area contributed by atoms with E-state index in [1.807, 2.05) is 49.4 Å². The highest BCUT2D eigenvalue weighted by atomic mass is 32.2. The molecular formula is C18H20N2O3S3. The number of ether oxygens (including phenoxy) is 1. The molecule has 2 N–H and O–H groups in total. The summed E-state index contributed by atoms with van der Waals surface area (Å²) in [5, 5.41) is 4.79. The Balaban J connectivity index is 1.73. The van der Waals surface area contributed by atoms with Gasteiger partial charge in [0.2, 0.25) is 10.0 Å². The molecule has 1 unspecified atom stereocenters. The number of hydrogen-bond donors (Lipinski definition) is 1. The van der Waals surface area contributed by atoms with Gasteiger partial charge in [-0.15, -0.1) is 11.3 Å². The van der Waals surface area contributed by atoms with Gasteiger partial charge in [-0.05, 0) is 42.7 Å². The molecule has 0 fully saturated rings. The van der Waals surface area contributed by atoms with Gasteiger partial charge in [0, 0.05) is 5.75 Å². The predicted octanol–water partition coefficient (Wildman–Crippen LogP) is 4.13. The van der Waals surface area contributed by atoms with E-state index in [2.05, 4.69) is 4.98 Å². The van der Waals surface area contributed by atoms with Crippen molar-refractivity contribution in [3.05, 3.63) is 53.6 Å². The minimum atomic E-state index is -3.68. The second-order valence-electron chi connectivity index (χ2n) is 5.88. The van der Waals surface area contributed by atoms with E-state index < -0.39 is 15.3 Å². The third kappa shape index (κ3) is 4.37. The normalized spacial score (nSPS) is 13.0. The summed E-state index contributed by atoms with van der Waals surface area (Å²) >= 11 is 3.13. The average Bonchev–Trinajstić information content (AvgIpc) is 3.00. The van der Waals surface area contributed by atoms with Crippen LogP contribution in [-0.2, 0) is 10.0 Å². The Morgan fingerprint density at radius 1 is 1.27 bits per heavy atom. The number of benzene rings is 2. The van der Waals surface area contributed by atoms with Crippen molar-refractivity contribution < 1.29 is 13.2 Å². The van der Waals surface area contributed by atoms with Gasteiger partial charge in [0.05, 0.1) is 17.3 Å². The summed E-state index contributed by atoms with van der Waals surface area (Å²) in [5.74, 6) is 1.42. The molecule has 1 atom stereocenters. The standard InChI is InChI=1S/C18H20N2O3S3/c1-12-5-3-4-6-14(12)17(26(19,21)22)9-10-24-18-20-15-8-7-13(23-2)11-16(15)25-18/h3-8,11,17H,9-10H2,1-2H3,(H2,19,21,22). The van der Waals surface area contributed by atoms with E-state index in [0.717, 1.165) is 31.4 Å². The number of sulfonamides is 1. The van der Waals surface area contributed by atoms with E-state index in [1.54, 1.807) is 30.2 Å². The lowest BCUT2D eigenvalue weighted by Gasteiger charge is -2.16. The summed E-state index contributed by atoms with van der Waals surface area (Å²) in [7, 11) is -2.04. The Hall–Kier alpha value is -1.61. The molecule has 3 rings (SSSR count). The predicted molar refractivity (Wildman–Crippen MR) is 109 cm³/mol. The minimum Gasteiger partial charge on any atom is -0.497 e. The fourth-order valence-electron chi connectivity index (χ4n) is 2.77. The van der Waals surface area contributed by atoms with Crippen molar-refractivity contribution >= 4 is 43.3 Å². The number of rotatable bonds is 7. The first-order valence-electron chi connectivity index (χ1n) is 8.03. The maximum Gasteiger partial charge on any atom is 0.216 e. The molecule has 26 heavy (non-hydrogen) atoms. The molecule has 0 amide bonds. The van der Waals surface area contributed by atoms with Crippen molar-refractivity contribution in [2.45, 2.75) is 22.9 Å². The fraction of sp³-hybridized carbons (Fsp3) is 0.278. The van der Waals surface area contributed by atoms with Crippen LogP contribution in [0.4, 0.5) is 0 Å². The van der Waals surface area contributed by atoms with Crippen LogP contribution < -0.4 is 9.88 Å². The van der Waals surface area contributed by atoms with Gasteiger partial charge in [-0.2, -0.15) is 0 Å². The number of aromatic nitrogens is 1. The van der Waals surface area contributed by atoms with Gasteiger partial charge in [-0.3, -0.25) is 0 Å². The van der Waals surface area contributed by atoms with Gasteiger partial charge in [0.15, 0.2) is 4.34 Å². The third-order valence-electron chi connectivity index (χ3n) is 4.11. The molecule has 1 heterocycles. The molecule has 0 aliphatic carbocycles. The number of nitrogens with two attached hydrogens (primary N) is 1. The Kier molecular flexibility index (Phi) is 5.86. The number of hydrogen-bond acceptors (Lipinski definition) is 6. The van der Waals surface area contributed by atoms with Crippen LogP contribution >= 0.6 is 23.1 Å². The number of thiazole rings is 1. The Morgan fingerprint density at radius 2 is 2.04 bits per heavy atom. The molecule has 8 heteroatoms. The van der Waals surface area contributed by atoms with Gasteiger partial charge in [0.25, 0.3) is 0 Å². The van der Waals surface area contributed by atoms with Crippen molar-refractivity contribution in [1.82, 2.24) is 4.98 Å². The minimum absolute atomic E-state index is 0.438. The second-order valence-corrected chi connectivity index (χ2v) is 10.0. The Morgan fingerprint density at radius 3 is 2.73 bits per heavy atom. The van der Waals surface area contributed by atoms with Crippen LogP contribution in [0, 0.1) is 6.92 Å². The van der Waals surface area contributed by atoms with Gasteiger partial charge < -0.3 is 4.74 Å². The molecule has 1 aromatic heterocycles. The highest BCUT2D eigenvalue weighted by molar-refractivity contribution is 8.01. The molecule has 0 saturated carbocycles. The molecule has 0 radical (unpaired) electrons. The quantitative estimate of drug-likeness (QED) is 0.595. The van der Waals surface area contributed by atoms with Crippen LogP contribution in [0.3, 0.4) is 0 Å². The Bertz CT molecular complexity index is 1020. The molecule has 138 valence electrons. The fourth-order valence-corrected chi connectivity index (χ4v) is 6.16. The van der Waals surface area contributed by atoms with Crippen LogP contribution in [0.25, 0.3) is 10.2 Å². The average molecular weight is 409 g/mol. The van der Waals surface area contributed by atoms with Crippen LogP contribution in [0.15, 0.2) is 46.8 Å². The number of fused-ring (bicyclic) bond motifs is 1. The first-order chi connectivity index (χ1) is 12.4. The van der Waals surface area contributed by atoms with Crippen molar-refractivity contribution in [2.24, 2.45) is 5.14 Å². The van der Waals surface area contributed by atoms with E-state index in [0.29, 0.717) is 12.2 Å². The van der Waals surface area contributed by atoms with Crippen LogP contribution in [0.2, 0.25) is 0 Å². The zero-order valence-electron chi connectivity index (χ0n) is 14.5. The van der Waals surface area contributed by atoms with Crippen LogP contribution in [-0.4, -0.2) is 26.3 Å². The molecule has 0 spiro atoms. The van der Waals surface area contributed by atoms with Crippen molar-refractivity contribution in [1.29, 1.82) is 0 Å². The molecule has 0 aliphatic heterocycles. The topological polar surface area (TPSA) is 82.3 Å². The van der Waals surface area contributed by atoms with Crippen molar-refractivity contribution in [3.63, 3.8) is 0 Å². The van der Waals surface area contributed by atoms with E-state index in [-0.39, 0.29) is 0 Å². The summed E-state index contributed by atoms with van der Waals surface area (Å²) in [4.78, 5) is 4.58. The zero-order chi connectivity index (χ0) is 18.7. The van der Waals surface area contributed by atoms with Crippen LogP contribution in [0.5, 0.6) is 5.75 Å². The molecule has 5 nitrogen and oxygen atoms in total. The number of thioether (sulfide) groups is 1. The highest BCUT2D eigenvalue weighted by Gasteiger charge is 2.24. The maximum absolute atomic E-state index is 12.1. The molecule has 2 aromatic carbocycles. The highest BCUT2D eigenvalue weighted by Crippen LogP contribution is 2.34. The Labute approximate surface area is 161 Å². The van der Waals surface area contributed by atoms with E-state index in [4.69, 9.17) is 9.88 Å². The first-order valence-corrected chi connectivity index (χ1v) is 11.4. The summed E-state index contributed by atoms with van der Waals surface area (Å²) in [6, 6.07) is 13.2. The van der Waals surface area contributed by atoms with E-state index >= 15 is 0 Å². The third-order valence-corrected chi connectivity index (χ3v) is 7.59. The van der Waals surface area contributed by atoms with Gasteiger partial charge in [0.1, 0.15) is 11.0 Å². The lowest BCUT2D eigenvalue weighted by Crippen LogP contribution is -2.23. The molecular weight excluding hydrogens is 388 g/mol. The lowest BCUT2D eigenvalue weighted by molar-refractivity contribution is 0.415. The summed E-state index contributed by atoms with van der Waals surface area (Å²) < 4.78 is 31.4. The molecule has 0 aliphatic rings. The number of methoxy groups -OCH3 is 1. The molecule has 0 saturated heterocycles. The monoisotopic (exact) mass is 408 g/mol.